The number of amides is 1. The number of nitrogens with zero attached hydrogens (tertiary/aromatic N) is 3. The van der Waals surface area contributed by atoms with Crippen molar-refractivity contribution in [1.29, 1.82) is 0 Å². The SMILES string of the molecule is CCCn1c(SCC(=O)NC(C)CC)nnc1-c1ccc(Cl)cc1. The van der Waals surface area contributed by atoms with Crippen LogP contribution in [0.4, 0.5) is 0 Å². The van der Waals surface area contributed by atoms with Crippen molar-refractivity contribution in [3.05, 3.63) is 29.3 Å². The lowest BCUT2D eigenvalue weighted by atomic mass is 10.2. The molecule has 5 nitrogen and oxygen atoms in total. The van der Waals surface area contributed by atoms with Gasteiger partial charge in [-0.2, -0.15) is 0 Å². The first-order valence-electron chi connectivity index (χ1n) is 8.16. The van der Waals surface area contributed by atoms with E-state index in [9.17, 15) is 4.79 Å². The normalized spacial score (nSPS) is 12.2. The van der Waals surface area contributed by atoms with Crippen molar-refractivity contribution in [2.45, 2.75) is 51.4 Å². The second kappa shape index (κ2) is 9.08. The maximum atomic E-state index is 12.0. The van der Waals surface area contributed by atoms with Gasteiger partial charge in [-0.1, -0.05) is 37.2 Å². The Bertz CT molecular complexity index is 672. The molecular formula is C17H23ClN4OS. The lowest BCUT2D eigenvalue weighted by Crippen LogP contribution is -2.33. The van der Waals surface area contributed by atoms with Crippen LogP contribution in [0.5, 0.6) is 0 Å². The zero-order valence-electron chi connectivity index (χ0n) is 14.3. The number of rotatable bonds is 8. The number of thioether (sulfide) groups is 1. The van der Waals surface area contributed by atoms with E-state index in [0.29, 0.717) is 10.8 Å². The maximum absolute atomic E-state index is 12.0. The molecule has 1 aromatic carbocycles. The largest absolute Gasteiger partial charge is 0.353 e. The van der Waals surface area contributed by atoms with Gasteiger partial charge >= 0.3 is 0 Å². The molecule has 0 aliphatic rings. The van der Waals surface area contributed by atoms with Crippen LogP contribution in [0.1, 0.15) is 33.6 Å². The minimum Gasteiger partial charge on any atom is -0.353 e. The Balaban J connectivity index is 2.13. The van der Waals surface area contributed by atoms with E-state index in [0.717, 1.165) is 35.9 Å². The van der Waals surface area contributed by atoms with E-state index in [4.69, 9.17) is 11.6 Å². The molecule has 2 aromatic rings. The minimum atomic E-state index is 0.0217. The Morgan fingerprint density at radius 1 is 1.29 bits per heavy atom. The molecule has 130 valence electrons. The van der Waals surface area contributed by atoms with E-state index >= 15 is 0 Å². The fourth-order valence-corrected chi connectivity index (χ4v) is 3.08. The molecule has 0 bridgehead atoms. The van der Waals surface area contributed by atoms with Crippen LogP contribution in [-0.2, 0) is 11.3 Å². The number of carbonyl (C=O) groups excluding carboxylic acids is 1. The average Bonchev–Trinajstić information content (AvgIpc) is 2.97. The lowest BCUT2D eigenvalue weighted by Gasteiger charge is -2.11. The first kappa shape index (κ1) is 18.8. The van der Waals surface area contributed by atoms with Gasteiger partial charge in [0.2, 0.25) is 5.91 Å². The minimum absolute atomic E-state index is 0.0217. The molecule has 0 spiro atoms. The fraction of sp³-hybridized carbons (Fsp3) is 0.471. The highest BCUT2D eigenvalue weighted by molar-refractivity contribution is 7.99. The molecule has 0 radical (unpaired) electrons. The van der Waals surface area contributed by atoms with Crippen molar-refractivity contribution in [3.63, 3.8) is 0 Å². The predicted octanol–water partition coefficient (Wildman–Crippen LogP) is 4.02. The zero-order chi connectivity index (χ0) is 17.5. The maximum Gasteiger partial charge on any atom is 0.230 e. The van der Waals surface area contributed by atoms with E-state index in [-0.39, 0.29) is 11.9 Å². The summed E-state index contributed by atoms with van der Waals surface area (Å²) in [4.78, 5) is 12.0. The Labute approximate surface area is 152 Å². The van der Waals surface area contributed by atoms with Crippen LogP contribution < -0.4 is 5.32 Å². The van der Waals surface area contributed by atoms with Gasteiger partial charge in [-0.3, -0.25) is 4.79 Å². The predicted molar refractivity (Wildman–Crippen MR) is 99.4 cm³/mol. The second-order valence-corrected chi connectivity index (χ2v) is 7.01. The smallest absolute Gasteiger partial charge is 0.230 e. The number of hydrogen-bond donors (Lipinski definition) is 1. The van der Waals surface area contributed by atoms with E-state index in [1.165, 1.54) is 11.8 Å². The van der Waals surface area contributed by atoms with Gasteiger partial charge in [0.25, 0.3) is 0 Å². The molecule has 1 aromatic heterocycles. The first-order valence-corrected chi connectivity index (χ1v) is 9.52. The number of benzene rings is 1. The number of carbonyl (C=O) groups is 1. The molecule has 0 aliphatic carbocycles. The quantitative estimate of drug-likeness (QED) is 0.717. The average molecular weight is 367 g/mol. The van der Waals surface area contributed by atoms with Gasteiger partial charge in [0, 0.05) is 23.2 Å². The van der Waals surface area contributed by atoms with Crippen LogP contribution in [0, 0.1) is 0 Å². The van der Waals surface area contributed by atoms with Crippen LogP contribution in [0.25, 0.3) is 11.4 Å². The molecule has 2 rings (SSSR count). The topological polar surface area (TPSA) is 59.8 Å². The molecular weight excluding hydrogens is 344 g/mol. The van der Waals surface area contributed by atoms with Crippen molar-refractivity contribution < 1.29 is 4.79 Å². The van der Waals surface area contributed by atoms with Crippen LogP contribution in [0.3, 0.4) is 0 Å². The summed E-state index contributed by atoms with van der Waals surface area (Å²) in [5, 5.41) is 13.0. The molecule has 7 heteroatoms. The van der Waals surface area contributed by atoms with Crippen LogP contribution >= 0.6 is 23.4 Å². The third-order valence-corrected chi connectivity index (χ3v) is 4.84. The van der Waals surface area contributed by atoms with E-state index in [1.54, 1.807) is 0 Å². The summed E-state index contributed by atoms with van der Waals surface area (Å²) in [6, 6.07) is 7.74. The van der Waals surface area contributed by atoms with Gasteiger partial charge in [-0.25, -0.2) is 0 Å². The van der Waals surface area contributed by atoms with Crippen LogP contribution in [-0.4, -0.2) is 32.5 Å². The molecule has 24 heavy (non-hydrogen) atoms. The third-order valence-electron chi connectivity index (χ3n) is 3.62. The number of nitrogens with one attached hydrogen (secondary N) is 1. The molecule has 0 saturated heterocycles. The lowest BCUT2D eigenvalue weighted by molar-refractivity contribution is -0.119. The molecule has 0 saturated carbocycles. The highest BCUT2D eigenvalue weighted by Crippen LogP contribution is 2.25. The van der Waals surface area contributed by atoms with Crippen molar-refractivity contribution >= 4 is 29.3 Å². The van der Waals surface area contributed by atoms with Gasteiger partial charge in [-0.15, -0.1) is 10.2 Å². The monoisotopic (exact) mass is 366 g/mol. The third kappa shape index (κ3) is 4.98. The summed E-state index contributed by atoms with van der Waals surface area (Å²) in [6.45, 7) is 6.96. The highest BCUT2D eigenvalue weighted by Gasteiger charge is 2.15. The molecule has 1 unspecified atom stereocenters. The Morgan fingerprint density at radius 2 is 2.00 bits per heavy atom. The molecule has 1 heterocycles. The van der Waals surface area contributed by atoms with Crippen molar-refractivity contribution in [2.24, 2.45) is 0 Å². The number of halogens is 1. The number of aromatic nitrogens is 3. The summed E-state index contributed by atoms with van der Waals surface area (Å²) >= 11 is 7.37. The van der Waals surface area contributed by atoms with Crippen LogP contribution in [0.15, 0.2) is 29.4 Å². The molecule has 1 atom stereocenters. The van der Waals surface area contributed by atoms with E-state index in [2.05, 4.69) is 27.0 Å². The summed E-state index contributed by atoms with van der Waals surface area (Å²) in [5.41, 5.74) is 0.969. The molecule has 0 fully saturated rings. The van der Waals surface area contributed by atoms with Gasteiger partial charge in [0.15, 0.2) is 11.0 Å². The Morgan fingerprint density at radius 3 is 2.62 bits per heavy atom. The first-order chi connectivity index (χ1) is 11.5. The van der Waals surface area contributed by atoms with Crippen LogP contribution in [0.2, 0.25) is 5.02 Å². The summed E-state index contributed by atoms with van der Waals surface area (Å²) in [7, 11) is 0. The Kier molecular flexibility index (Phi) is 7.12. The molecule has 1 N–H and O–H groups in total. The van der Waals surface area contributed by atoms with Gasteiger partial charge in [0.1, 0.15) is 0 Å². The summed E-state index contributed by atoms with van der Waals surface area (Å²) < 4.78 is 2.06. The second-order valence-electron chi connectivity index (χ2n) is 5.63. The Hall–Kier alpha value is -1.53. The summed E-state index contributed by atoms with van der Waals surface area (Å²) in [6.07, 6.45) is 1.88. The molecule has 0 aliphatic heterocycles. The fourth-order valence-electron chi connectivity index (χ4n) is 2.18. The molecule has 1 amide bonds. The van der Waals surface area contributed by atoms with E-state index in [1.807, 2.05) is 38.1 Å². The van der Waals surface area contributed by atoms with Gasteiger partial charge in [-0.05, 0) is 44.0 Å². The van der Waals surface area contributed by atoms with Gasteiger partial charge < -0.3 is 9.88 Å². The van der Waals surface area contributed by atoms with E-state index < -0.39 is 0 Å². The highest BCUT2D eigenvalue weighted by atomic mass is 35.5. The van der Waals surface area contributed by atoms with Crippen molar-refractivity contribution in [3.8, 4) is 11.4 Å². The van der Waals surface area contributed by atoms with Gasteiger partial charge in [0.05, 0.1) is 5.75 Å². The number of hydrogen-bond acceptors (Lipinski definition) is 4. The van der Waals surface area contributed by atoms with Crippen molar-refractivity contribution in [2.75, 3.05) is 5.75 Å². The van der Waals surface area contributed by atoms with Crippen molar-refractivity contribution in [1.82, 2.24) is 20.1 Å². The zero-order valence-corrected chi connectivity index (χ0v) is 15.8. The summed E-state index contributed by atoms with van der Waals surface area (Å²) in [5.74, 6) is 1.17. The standard InChI is InChI=1S/C17H23ClN4OS/c1-4-10-22-16(13-6-8-14(18)9-7-13)20-21-17(22)24-11-15(23)19-12(3)5-2/h6-9,12H,4-5,10-11H2,1-3H3,(H,19,23).